The summed E-state index contributed by atoms with van der Waals surface area (Å²) in [5.41, 5.74) is 4.50. The summed E-state index contributed by atoms with van der Waals surface area (Å²) in [6, 6.07) is 13.6. The summed E-state index contributed by atoms with van der Waals surface area (Å²) >= 11 is 0. The van der Waals surface area contributed by atoms with Gasteiger partial charge in [0.05, 0.1) is 23.9 Å². The van der Waals surface area contributed by atoms with Crippen LogP contribution in [0.3, 0.4) is 0 Å². The Morgan fingerprint density at radius 2 is 1.84 bits per heavy atom. The molecule has 158 valence electrons. The molecule has 0 N–H and O–H groups in total. The van der Waals surface area contributed by atoms with Crippen LogP contribution in [0.5, 0.6) is 0 Å². The molecule has 0 spiro atoms. The Bertz CT molecular complexity index is 1180. The van der Waals surface area contributed by atoms with Gasteiger partial charge in [-0.2, -0.15) is 0 Å². The number of allylic oxidation sites excluding steroid dienone is 1. The quantitative estimate of drug-likeness (QED) is 0.559. The highest BCUT2D eigenvalue weighted by Crippen LogP contribution is 2.36. The van der Waals surface area contributed by atoms with E-state index in [1.165, 1.54) is 26.2 Å². The molecule has 1 atom stereocenters. The first-order valence-corrected chi connectivity index (χ1v) is 10.1. The van der Waals surface area contributed by atoms with Crippen molar-refractivity contribution in [3.8, 4) is 0 Å². The second-order valence-corrected chi connectivity index (χ2v) is 7.48. The molecule has 1 aromatic heterocycles. The van der Waals surface area contributed by atoms with Crippen LogP contribution in [-0.2, 0) is 20.7 Å². The summed E-state index contributed by atoms with van der Waals surface area (Å²) in [5, 5.41) is 0.686. The number of nitrogens with zero attached hydrogens (tertiary/aromatic N) is 1. The molecule has 0 aliphatic heterocycles. The SMILES string of the molecule is COC(=O)C(C)OC(=O)c1c2c(nc3ccccc13)/C(=C/c1ccc(F)cc1)CCC2. The minimum atomic E-state index is -1.02. The normalized spacial score (nSPS) is 15.4. The van der Waals surface area contributed by atoms with E-state index in [9.17, 15) is 14.0 Å². The van der Waals surface area contributed by atoms with E-state index in [1.54, 1.807) is 12.1 Å². The molecule has 1 aliphatic carbocycles. The average molecular weight is 419 g/mol. The molecule has 0 saturated heterocycles. The molecule has 3 aromatic rings. The molecule has 0 saturated carbocycles. The highest BCUT2D eigenvalue weighted by molar-refractivity contribution is 6.07. The second kappa shape index (κ2) is 8.68. The lowest BCUT2D eigenvalue weighted by molar-refractivity contribution is -0.149. The molecular weight excluding hydrogens is 397 g/mol. The number of hydrogen-bond acceptors (Lipinski definition) is 5. The molecule has 1 aliphatic rings. The molecule has 0 bridgehead atoms. The van der Waals surface area contributed by atoms with E-state index in [0.717, 1.165) is 35.2 Å². The van der Waals surface area contributed by atoms with Crippen LogP contribution in [0.15, 0.2) is 48.5 Å². The van der Waals surface area contributed by atoms with E-state index < -0.39 is 18.0 Å². The zero-order valence-corrected chi connectivity index (χ0v) is 17.4. The van der Waals surface area contributed by atoms with Crippen molar-refractivity contribution >= 4 is 34.5 Å². The smallest absolute Gasteiger partial charge is 0.346 e. The van der Waals surface area contributed by atoms with Crippen LogP contribution < -0.4 is 0 Å². The Morgan fingerprint density at radius 1 is 1.10 bits per heavy atom. The predicted octanol–water partition coefficient (Wildman–Crippen LogP) is 4.97. The van der Waals surface area contributed by atoms with Crippen LogP contribution in [0, 0.1) is 5.82 Å². The largest absolute Gasteiger partial charge is 0.466 e. The van der Waals surface area contributed by atoms with Gasteiger partial charge in [0, 0.05) is 5.39 Å². The topological polar surface area (TPSA) is 65.5 Å². The number of aromatic nitrogens is 1. The van der Waals surface area contributed by atoms with Gasteiger partial charge in [0.1, 0.15) is 5.82 Å². The van der Waals surface area contributed by atoms with Crippen molar-refractivity contribution in [2.75, 3.05) is 7.11 Å². The van der Waals surface area contributed by atoms with Crippen LogP contribution >= 0.6 is 0 Å². The summed E-state index contributed by atoms with van der Waals surface area (Å²) in [5.74, 6) is -1.48. The number of carbonyl (C=O) groups excluding carboxylic acids is 2. The van der Waals surface area contributed by atoms with Gasteiger partial charge < -0.3 is 9.47 Å². The monoisotopic (exact) mass is 419 g/mol. The van der Waals surface area contributed by atoms with Gasteiger partial charge in [-0.15, -0.1) is 0 Å². The summed E-state index contributed by atoms with van der Waals surface area (Å²) in [7, 11) is 1.25. The summed E-state index contributed by atoms with van der Waals surface area (Å²) in [6.45, 7) is 1.49. The summed E-state index contributed by atoms with van der Waals surface area (Å²) in [4.78, 5) is 29.8. The first kappa shape index (κ1) is 20.7. The zero-order valence-electron chi connectivity index (χ0n) is 17.4. The predicted molar refractivity (Wildman–Crippen MR) is 116 cm³/mol. The molecule has 6 heteroatoms. The van der Waals surface area contributed by atoms with Crippen molar-refractivity contribution in [2.24, 2.45) is 0 Å². The van der Waals surface area contributed by atoms with Crippen LogP contribution in [0.25, 0.3) is 22.6 Å². The van der Waals surface area contributed by atoms with Gasteiger partial charge in [-0.05, 0) is 67.2 Å². The Hall–Kier alpha value is -3.54. The molecular formula is C25H22FNO4. The fourth-order valence-electron chi connectivity index (χ4n) is 3.90. The maximum atomic E-state index is 13.3. The van der Waals surface area contributed by atoms with Crippen LogP contribution in [0.1, 0.15) is 46.9 Å². The number of ether oxygens (including phenoxy) is 2. The minimum absolute atomic E-state index is 0.292. The maximum absolute atomic E-state index is 13.3. The first-order chi connectivity index (χ1) is 15.0. The molecule has 1 unspecified atom stereocenters. The maximum Gasteiger partial charge on any atom is 0.346 e. The van der Waals surface area contributed by atoms with Crippen molar-refractivity contribution in [1.29, 1.82) is 0 Å². The number of para-hydroxylation sites is 1. The minimum Gasteiger partial charge on any atom is -0.466 e. The highest BCUT2D eigenvalue weighted by atomic mass is 19.1. The molecule has 4 rings (SSSR count). The van der Waals surface area contributed by atoms with E-state index in [1.807, 2.05) is 30.3 Å². The number of fused-ring (bicyclic) bond motifs is 2. The van der Waals surface area contributed by atoms with Crippen LogP contribution in [-0.4, -0.2) is 30.1 Å². The van der Waals surface area contributed by atoms with Crippen molar-refractivity contribution < 1.29 is 23.5 Å². The van der Waals surface area contributed by atoms with E-state index in [4.69, 9.17) is 9.72 Å². The zero-order chi connectivity index (χ0) is 22.0. The third-order valence-electron chi connectivity index (χ3n) is 5.40. The lowest BCUT2D eigenvalue weighted by Gasteiger charge is -2.23. The van der Waals surface area contributed by atoms with Crippen LogP contribution in [0.4, 0.5) is 4.39 Å². The van der Waals surface area contributed by atoms with Crippen molar-refractivity contribution in [3.63, 3.8) is 0 Å². The number of rotatable bonds is 4. The number of halogens is 1. The fraction of sp³-hybridized carbons (Fsp3) is 0.240. The van der Waals surface area contributed by atoms with E-state index in [-0.39, 0.29) is 5.82 Å². The summed E-state index contributed by atoms with van der Waals surface area (Å²) in [6.07, 6.45) is 3.27. The molecule has 0 amide bonds. The number of esters is 2. The van der Waals surface area contributed by atoms with Gasteiger partial charge in [0.15, 0.2) is 6.10 Å². The number of benzene rings is 2. The van der Waals surface area contributed by atoms with E-state index >= 15 is 0 Å². The second-order valence-electron chi connectivity index (χ2n) is 7.48. The molecule has 5 nitrogen and oxygen atoms in total. The van der Waals surface area contributed by atoms with Crippen molar-refractivity contribution in [2.45, 2.75) is 32.3 Å². The van der Waals surface area contributed by atoms with Gasteiger partial charge in [-0.1, -0.05) is 30.3 Å². The van der Waals surface area contributed by atoms with Gasteiger partial charge in [-0.25, -0.2) is 19.0 Å². The first-order valence-electron chi connectivity index (χ1n) is 10.1. The molecule has 2 aromatic carbocycles. The molecule has 0 radical (unpaired) electrons. The standard InChI is InChI=1S/C25H22FNO4/c1-15(24(28)30-2)31-25(29)22-19-7-3-4-9-21(19)27-23-17(6-5-8-20(22)23)14-16-10-12-18(26)13-11-16/h3-4,7,9-15H,5-6,8H2,1-2H3/b17-14+. The Labute approximate surface area is 179 Å². The summed E-state index contributed by atoms with van der Waals surface area (Å²) < 4.78 is 23.4. The van der Waals surface area contributed by atoms with Crippen molar-refractivity contribution in [3.05, 3.63) is 76.7 Å². The number of pyridine rings is 1. The Kier molecular flexibility index (Phi) is 5.80. The molecule has 1 heterocycles. The highest BCUT2D eigenvalue weighted by Gasteiger charge is 2.28. The molecule has 31 heavy (non-hydrogen) atoms. The number of hydrogen-bond donors (Lipinski definition) is 0. The average Bonchev–Trinajstić information content (AvgIpc) is 2.78. The lowest BCUT2D eigenvalue weighted by atomic mass is 9.86. The fourth-order valence-corrected chi connectivity index (χ4v) is 3.90. The number of methoxy groups -OCH3 is 1. The van der Waals surface area contributed by atoms with Gasteiger partial charge in [0.25, 0.3) is 0 Å². The third-order valence-corrected chi connectivity index (χ3v) is 5.40. The van der Waals surface area contributed by atoms with Gasteiger partial charge >= 0.3 is 11.9 Å². The Morgan fingerprint density at radius 3 is 2.58 bits per heavy atom. The Balaban J connectivity index is 1.84. The van der Waals surface area contributed by atoms with Crippen molar-refractivity contribution in [1.82, 2.24) is 4.98 Å². The molecule has 0 fully saturated rings. The van der Waals surface area contributed by atoms with E-state index in [2.05, 4.69) is 4.74 Å². The van der Waals surface area contributed by atoms with E-state index in [0.29, 0.717) is 22.9 Å². The van der Waals surface area contributed by atoms with Gasteiger partial charge in [-0.3, -0.25) is 0 Å². The lowest BCUT2D eigenvalue weighted by Crippen LogP contribution is -2.26. The third kappa shape index (κ3) is 4.19. The van der Waals surface area contributed by atoms with Gasteiger partial charge in [0.2, 0.25) is 0 Å². The number of carbonyl (C=O) groups is 2. The van der Waals surface area contributed by atoms with Crippen LogP contribution in [0.2, 0.25) is 0 Å².